The number of aromatic nitrogens is 3. The van der Waals surface area contributed by atoms with Gasteiger partial charge in [-0.1, -0.05) is 36.4 Å². The van der Waals surface area contributed by atoms with Gasteiger partial charge in [-0.3, -0.25) is 4.98 Å². The molecule has 5 rings (SSSR count). The van der Waals surface area contributed by atoms with Crippen molar-refractivity contribution in [3.63, 3.8) is 0 Å². The van der Waals surface area contributed by atoms with Crippen LogP contribution in [0.2, 0.25) is 0 Å². The quantitative estimate of drug-likeness (QED) is 0.594. The molecule has 0 atom stereocenters. The van der Waals surface area contributed by atoms with E-state index in [1.807, 2.05) is 66.7 Å². The van der Waals surface area contributed by atoms with Crippen molar-refractivity contribution < 1.29 is 9.47 Å². The van der Waals surface area contributed by atoms with Gasteiger partial charge < -0.3 is 14.5 Å². The molecule has 5 nitrogen and oxygen atoms in total. The number of nitrogens with zero attached hydrogens (tertiary/aromatic N) is 2. The predicted octanol–water partition coefficient (Wildman–Crippen LogP) is 4.53. The van der Waals surface area contributed by atoms with Crippen molar-refractivity contribution in [2.75, 3.05) is 6.79 Å². The number of ether oxygens (including phenoxy) is 2. The normalized spacial score (nSPS) is 12.3. The molecule has 0 saturated heterocycles. The molecule has 26 heavy (non-hydrogen) atoms. The van der Waals surface area contributed by atoms with Crippen LogP contribution in [-0.2, 0) is 0 Å². The third-order valence-corrected chi connectivity index (χ3v) is 4.32. The molecular weight excluding hydrogens is 326 g/mol. The molecule has 1 aliphatic rings. The number of H-pyrrole nitrogens is 1. The molecule has 0 amide bonds. The number of nitrogens with one attached hydrogen (secondary N) is 1. The summed E-state index contributed by atoms with van der Waals surface area (Å²) in [6, 6.07) is 21.8. The lowest BCUT2D eigenvalue weighted by molar-refractivity contribution is 0.174. The average Bonchev–Trinajstić information content (AvgIpc) is 3.36. The highest BCUT2D eigenvalue weighted by atomic mass is 16.7. The molecule has 0 spiro atoms. The lowest BCUT2D eigenvalue weighted by Crippen LogP contribution is -1.92. The molecular formula is C21H15N3O2. The number of pyridine rings is 1. The van der Waals surface area contributed by atoms with Crippen molar-refractivity contribution >= 4 is 0 Å². The Morgan fingerprint density at radius 1 is 0.808 bits per heavy atom. The smallest absolute Gasteiger partial charge is 0.231 e. The van der Waals surface area contributed by atoms with E-state index in [2.05, 4.69) is 9.97 Å². The molecule has 0 radical (unpaired) electrons. The number of aromatic amines is 1. The fraction of sp³-hybridized carbons (Fsp3) is 0.0476. The van der Waals surface area contributed by atoms with E-state index in [0.29, 0.717) is 0 Å². The van der Waals surface area contributed by atoms with Crippen molar-refractivity contribution in [3.8, 4) is 45.5 Å². The van der Waals surface area contributed by atoms with Gasteiger partial charge in [-0.2, -0.15) is 0 Å². The summed E-state index contributed by atoms with van der Waals surface area (Å²) >= 11 is 0. The minimum absolute atomic E-state index is 0.252. The molecule has 5 heteroatoms. The molecule has 0 aliphatic carbocycles. The first-order valence-electron chi connectivity index (χ1n) is 8.35. The molecule has 0 saturated carbocycles. The second kappa shape index (κ2) is 6.04. The highest BCUT2D eigenvalue weighted by Gasteiger charge is 2.19. The predicted molar refractivity (Wildman–Crippen MR) is 98.8 cm³/mol. The maximum atomic E-state index is 5.52. The van der Waals surface area contributed by atoms with Crippen LogP contribution in [0.15, 0.2) is 72.9 Å². The summed E-state index contributed by atoms with van der Waals surface area (Å²) in [5, 5.41) is 0. The third-order valence-electron chi connectivity index (χ3n) is 4.32. The molecule has 3 heterocycles. The van der Waals surface area contributed by atoms with Crippen LogP contribution in [0.5, 0.6) is 11.5 Å². The van der Waals surface area contributed by atoms with Crippen molar-refractivity contribution in [1.29, 1.82) is 0 Å². The molecule has 0 bridgehead atoms. The monoisotopic (exact) mass is 341 g/mol. The van der Waals surface area contributed by atoms with Gasteiger partial charge in [-0.25, -0.2) is 4.98 Å². The Labute approximate surface area is 150 Å². The minimum Gasteiger partial charge on any atom is -0.454 e. The van der Waals surface area contributed by atoms with Gasteiger partial charge in [0.25, 0.3) is 0 Å². The summed E-state index contributed by atoms with van der Waals surface area (Å²) in [5.74, 6) is 2.30. The standard InChI is InChI=1S/C21H15N3O2/c1-2-6-14(7-3-1)21-23-19(20(24-21)16-8-4-5-11-22-16)15-9-10-17-18(12-15)26-13-25-17/h1-12H,13H2,(H,23,24). The number of hydrogen-bond acceptors (Lipinski definition) is 4. The van der Waals surface area contributed by atoms with Crippen LogP contribution in [0.25, 0.3) is 34.0 Å². The van der Waals surface area contributed by atoms with E-state index in [-0.39, 0.29) is 6.79 Å². The molecule has 0 unspecified atom stereocenters. The second-order valence-electron chi connectivity index (χ2n) is 5.96. The first kappa shape index (κ1) is 14.7. The summed E-state index contributed by atoms with van der Waals surface area (Å²) < 4.78 is 10.9. The zero-order valence-corrected chi connectivity index (χ0v) is 13.8. The highest BCUT2D eigenvalue weighted by Crippen LogP contribution is 2.38. The van der Waals surface area contributed by atoms with Crippen molar-refractivity contribution in [2.24, 2.45) is 0 Å². The van der Waals surface area contributed by atoms with E-state index >= 15 is 0 Å². The van der Waals surface area contributed by atoms with Gasteiger partial charge in [-0.05, 0) is 30.3 Å². The van der Waals surface area contributed by atoms with E-state index in [1.54, 1.807) is 6.20 Å². The number of hydrogen-bond donors (Lipinski definition) is 1. The summed E-state index contributed by atoms with van der Waals surface area (Å²) in [4.78, 5) is 12.8. The van der Waals surface area contributed by atoms with Crippen LogP contribution in [0.3, 0.4) is 0 Å². The number of benzene rings is 2. The molecule has 2 aromatic heterocycles. The third kappa shape index (κ3) is 2.50. The average molecular weight is 341 g/mol. The SMILES string of the molecule is c1ccc(-c2nc(-c3ccc4c(c3)OCO4)c(-c3ccccn3)[nH]2)cc1. The Morgan fingerprint density at radius 2 is 1.65 bits per heavy atom. The van der Waals surface area contributed by atoms with Crippen molar-refractivity contribution in [1.82, 2.24) is 15.0 Å². The minimum atomic E-state index is 0.252. The van der Waals surface area contributed by atoms with E-state index in [9.17, 15) is 0 Å². The summed E-state index contributed by atoms with van der Waals surface area (Å²) in [5.41, 5.74) is 4.53. The molecule has 1 aliphatic heterocycles. The van der Waals surface area contributed by atoms with Crippen LogP contribution < -0.4 is 9.47 Å². The van der Waals surface area contributed by atoms with Crippen LogP contribution >= 0.6 is 0 Å². The topological polar surface area (TPSA) is 60.0 Å². The highest BCUT2D eigenvalue weighted by molar-refractivity contribution is 5.80. The summed E-state index contributed by atoms with van der Waals surface area (Å²) in [7, 11) is 0. The Morgan fingerprint density at radius 3 is 2.50 bits per heavy atom. The van der Waals surface area contributed by atoms with E-state index in [0.717, 1.165) is 45.5 Å². The zero-order chi connectivity index (χ0) is 17.3. The fourth-order valence-electron chi connectivity index (χ4n) is 3.05. The summed E-state index contributed by atoms with van der Waals surface area (Å²) in [6.45, 7) is 0.252. The van der Waals surface area contributed by atoms with Crippen molar-refractivity contribution in [2.45, 2.75) is 0 Å². The molecule has 126 valence electrons. The van der Waals surface area contributed by atoms with Crippen LogP contribution in [0.1, 0.15) is 0 Å². The first-order chi connectivity index (χ1) is 12.9. The van der Waals surface area contributed by atoms with Gasteiger partial charge >= 0.3 is 0 Å². The van der Waals surface area contributed by atoms with Crippen LogP contribution in [-0.4, -0.2) is 21.7 Å². The number of fused-ring (bicyclic) bond motifs is 1. The Kier molecular flexibility index (Phi) is 3.42. The van der Waals surface area contributed by atoms with E-state index in [4.69, 9.17) is 14.5 Å². The number of imidazole rings is 1. The lowest BCUT2D eigenvalue weighted by atomic mass is 10.1. The Bertz CT molecular complexity index is 1060. The largest absolute Gasteiger partial charge is 0.454 e. The van der Waals surface area contributed by atoms with Crippen LogP contribution in [0.4, 0.5) is 0 Å². The Balaban J connectivity index is 1.69. The van der Waals surface area contributed by atoms with E-state index in [1.165, 1.54) is 0 Å². The van der Waals surface area contributed by atoms with Gasteiger partial charge in [0.1, 0.15) is 5.82 Å². The van der Waals surface area contributed by atoms with Crippen LogP contribution in [0, 0.1) is 0 Å². The second-order valence-corrected chi connectivity index (χ2v) is 5.96. The first-order valence-corrected chi connectivity index (χ1v) is 8.35. The fourth-order valence-corrected chi connectivity index (χ4v) is 3.05. The maximum Gasteiger partial charge on any atom is 0.231 e. The van der Waals surface area contributed by atoms with E-state index < -0.39 is 0 Å². The molecule has 0 fully saturated rings. The lowest BCUT2D eigenvalue weighted by Gasteiger charge is -2.03. The van der Waals surface area contributed by atoms with Gasteiger partial charge in [0, 0.05) is 17.3 Å². The zero-order valence-electron chi connectivity index (χ0n) is 13.8. The molecule has 1 N–H and O–H groups in total. The number of rotatable bonds is 3. The molecule has 4 aromatic rings. The Hall–Kier alpha value is -3.60. The maximum absolute atomic E-state index is 5.52. The van der Waals surface area contributed by atoms with Gasteiger partial charge in [0.15, 0.2) is 11.5 Å². The van der Waals surface area contributed by atoms with Crippen molar-refractivity contribution in [3.05, 3.63) is 72.9 Å². The summed E-state index contributed by atoms with van der Waals surface area (Å²) in [6.07, 6.45) is 1.78. The molecule has 2 aromatic carbocycles. The van der Waals surface area contributed by atoms with Gasteiger partial charge in [0.05, 0.1) is 17.1 Å². The van der Waals surface area contributed by atoms with Gasteiger partial charge in [-0.15, -0.1) is 0 Å². The van der Waals surface area contributed by atoms with Gasteiger partial charge in [0.2, 0.25) is 6.79 Å².